The van der Waals surface area contributed by atoms with Crippen LogP contribution in [0, 0.1) is 11.7 Å². The average Bonchev–Trinajstić information content (AvgIpc) is 2.59. The molecule has 0 aromatic heterocycles. The molecule has 3 atom stereocenters. The number of phenols is 1. The molecule has 24 heavy (non-hydrogen) atoms. The lowest BCUT2D eigenvalue weighted by molar-refractivity contribution is -0.138. The van der Waals surface area contributed by atoms with Gasteiger partial charge in [-0.15, -0.1) is 0 Å². The van der Waals surface area contributed by atoms with Gasteiger partial charge in [-0.1, -0.05) is 24.3 Å². The topological polar surface area (TPSA) is 40.5 Å². The molecule has 4 heteroatoms. The van der Waals surface area contributed by atoms with Gasteiger partial charge in [0, 0.05) is 31.0 Å². The number of Topliss-reactive ketones (excluding diaryl/α,β-unsaturated/α-hetero) is 1. The second-order valence-electron chi connectivity index (χ2n) is 6.84. The van der Waals surface area contributed by atoms with E-state index in [0.29, 0.717) is 18.7 Å². The quantitative estimate of drug-likeness (QED) is 0.932. The number of hydrogen-bond donors (Lipinski definition) is 1. The smallest absolute Gasteiger partial charge is 0.139 e. The third kappa shape index (κ3) is 2.71. The number of benzene rings is 2. The van der Waals surface area contributed by atoms with E-state index in [1.165, 1.54) is 12.1 Å². The molecule has 0 radical (unpaired) electrons. The van der Waals surface area contributed by atoms with Gasteiger partial charge in [-0.3, -0.25) is 9.69 Å². The fourth-order valence-electron chi connectivity index (χ4n) is 4.22. The minimum Gasteiger partial charge on any atom is -0.508 e. The van der Waals surface area contributed by atoms with Gasteiger partial charge in [-0.05, 0) is 48.2 Å². The number of carbonyl (C=O) groups is 1. The second kappa shape index (κ2) is 6.02. The highest BCUT2D eigenvalue weighted by molar-refractivity contribution is 5.84. The van der Waals surface area contributed by atoms with E-state index in [-0.39, 0.29) is 29.6 Å². The molecular formula is C20H20FNO2. The number of piperidine rings is 2. The number of fused-ring (bicyclic) bond motifs is 3. The lowest BCUT2D eigenvalue weighted by Crippen LogP contribution is -2.53. The first-order valence-electron chi connectivity index (χ1n) is 8.43. The van der Waals surface area contributed by atoms with Crippen LogP contribution in [-0.2, 0) is 11.3 Å². The molecule has 1 aliphatic carbocycles. The first-order valence-corrected chi connectivity index (χ1v) is 8.43. The Balaban J connectivity index is 1.67. The van der Waals surface area contributed by atoms with Crippen molar-refractivity contribution in [2.24, 2.45) is 5.92 Å². The monoisotopic (exact) mass is 325 g/mol. The van der Waals surface area contributed by atoms with Gasteiger partial charge in [0.25, 0.3) is 0 Å². The van der Waals surface area contributed by atoms with Crippen LogP contribution < -0.4 is 0 Å². The van der Waals surface area contributed by atoms with Crippen LogP contribution in [0.5, 0.6) is 5.75 Å². The number of ketones is 1. The molecule has 1 N–H and O–H groups in total. The van der Waals surface area contributed by atoms with Crippen LogP contribution >= 0.6 is 0 Å². The van der Waals surface area contributed by atoms with Gasteiger partial charge in [0.05, 0.1) is 0 Å². The maximum absolute atomic E-state index is 13.2. The van der Waals surface area contributed by atoms with Crippen molar-refractivity contribution in [2.45, 2.75) is 37.9 Å². The normalized spacial score (nSPS) is 26.7. The van der Waals surface area contributed by atoms with Gasteiger partial charge in [0.15, 0.2) is 0 Å². The Kier molecular flexibility index (Phi) is 3.85. The van der Waals surface area contributed by atoms with Crippen molar-refractivity contribution in [3.63, 3.8) is 0 Å². The zero-order valence-electron chi connectivity index (χ0n) is 13.4. The van der Waals surface area contributed by atoms with Crippen LogP contribution in [0.15, 0.2) is 48.5 Å². The van der Waals surface area contributed by atoms with Gasteiger partial charge in [0.1, 0.15) is 17.3 Å². The summed E-state index contributed by atoms with van der Waals surface area (Å²) in [5.74, 6) is 0.361. The van der Waals surface area contributed by atoms with E-state index in [1.54, 1.807) is 12.1 Å². The second-order valence-corrected chi connectivity index (χ2v) is 6.84. The van der Waals surface area contributed by atoms with Gasteiger partial charge < -0.3 is 5.11 Å². The van der Waals surface area contributed by atoms with Crippen molar-refractivity contribution in [2.75, 3.05) is 0 Å². The highest BCUT2D eigenvalue weighted by Crippen LogP contribution is 2.46. The Morgan fingerprint density at radius 3 is 2.42 bits per heavy atom. The number of halogens is 1. The molecule has 0 amide bonds. The molecule has 2 aromatic carbocycles. The Morgan fingerprint density at radius 1 is 1.04 bits per heavy atom. The average molecular weight is 325 g/mol. The van der Waals surface area contributed by atoms with Crippen molar-refractivity contribution >= 4 is 5.78 Å². The summed E-state index contributed by atoms with van der Waals surface area (Å²) in [6, 6.07) is 14.0. The molecular weight excluding hydrogens is 305 g/mol. The minimum absolute atomic E-state index is 0.0139. The summed E-state index contributed by atoms with van der Waals surface area (Å²) in [4.78, 5) is 14.8. The summed E-state index contributed by atoms with van der Waals surface area (Å²) in [6.45, 7) is 0.709. The summed E-state index contributed by atoms with van der Waals surface area (Å²) in [6.07, 6.45) is 2.57. The van der Waals surface area contributed by atoms with Crippen LogP contribution in [0.25, 0.3) is 0 Å². The number of rotatable bonds is 3. The predicted octanol–water partition coefficient (Wildman–Crippen LogP) is 3.83. The number of carbonyl (C=O) groups excluding carboxylic acids is 1. The fraction of sp³-hybridized carbons (Fsp3) is 0.350. The van der Waals surface area contributed by atoms with E-state index in [0.717, 1.165) is 24.0 Å². The molecule has 2 aromatic rings. The Labute approximate surface area is 140 Å². The molecule has 3 fully saturated rings. The van der Waals surface area contributed by atoms with Gasteiger partial charge in [0.2, 0.25) is 0 Å². The van der Waals surface area contributed by atoms with Crippen LogP contribution in [-0.4, -0.2) is 21.8 Å². The lowest BCUT2D eigenvalue weighted by atomic mass is 9.71. The number of nitrogens with zero attached hydrogens (tertiary/aromatic N) is 1. The highest BCUT2D eigenvalue weighted by Gasteiger charge is 2.46. The van der Waals surface area contributed by atoms with Crippen molar-refractivity contribution in [1.82, 2.24) is 4.90 Å². The fourth-order valence-corrected chi connectivity index (χ4v) is 4.22. The number of phenolic OH excluding ortho intramolecular Hbond substituents is 1. The number of aromatic hydroxyl groups is 1. The largest absolute Gasteiger partial charge is 0.508 e. The molecule has 3 nitrogen and oxygen atoms in total. The highest BCUT2D eigenvalue weighted by atomic mass is 19.1. The molecule has 2 bridgehead atoms. The van der Waals surface area contributed by atoms with Crippen molar-refractivity contribution in [3.05, 3.63) is 65.5 Å². The van der Waals surface area contributed by atoms with Gasteiger partial charge in [-0.25, -0.2) is 4.39 Å². The summed E-state index contributed by atoms with van der Waals surface area (Å²) < 4.78 is 13.2. The van der Waals surface area contributed by atoms with Crippen molar-refractivity contribution < 1.29 is 14.3 Å². The lowest BCUT2D eigenvalue weighted by Gasteiger charge is -2.50. The van der Waals surface area contributed by atoms with Crippen LogP contribution in [0.4, 0.5) is 4.39 Å². The standard InChI is InChI=1S/C20H20FNO2/c21-15-5-1-13(2-6-15)12-22-16-7-10-18(19(24)11-16)20(22)14-3-8-17(23)9-4-14/h1-6,8-9,16,18,20,23H,7,10-12H2. The molecule has 3 aliphatic rings. The number of hydrogen-bond acceptors (Lipinski definition) is 3. The first-order chi connectivity index (χ1) is 11.6. The SMILES string of the molecule is O=C1CC2CCC1C(c1ccc(O)cc1)N2Cc1ccc(F)cc1. The molecule has 2 heterocycles. The minimum atomic E-state index is -0.232. The molecule has 124 valence electrons. The predicted molar refractivity (Wildman–Crippen MR) is 88.9 cm³/mol. The van der Waals surface area contributed by atoms with Crippen LogP contribution in [0.3, 0.4) is 0 Å². The first kappa shape index (κ1) is 15.3. The molecule has 0 spiro atoms. The summed E-state index contributed by atoms with van der Waals surface area (Å²) >= 11 is 0. The zero-order chi connectivity index (χ0) is 16.7. The summed E-state index contributed by atoms with van der Waals surface area (Å²) in [5, 5.41) is 9.55. The van der Waals surface area contributed by atoms with E-state index in [4.69, 9.17) is 0 Å². The van der Waals surface area contributed by atoms with E-state index in [2.05, 4.69) is 4.90 Å². The van der Waals surface area contributed by atoms with Crippen LogP contribution in [0.1, 0.15) is 36.4 Å². The van der Waals surface area contributed by atoms with Crippen molar-refractivity contribution in [1.29, 1.82) is 0 Å². The van der Waals surface area contributed by atoms with Gasteiger partial charge >= 0.3 is 0 Å². The zero-order valence-corrected chi connectivity index (χ0v) is 13.4. The Hall–Kier alpha value is -2.20. The third-order valence-corrected chi connectivity index (χ3v) is 5.38. The maximum Gasteiger partial charge on any atom is 0.139 e. The van der Waals surface area contributed by atoms with Crippen LogP contribution in [0.2, 0.25) is 0 Å². The molecule has 1 saturated carbocycles. The summed E-state index contributed by atoms with van der Waals surface area (Å²) in [5.41, 5.74) is 2.12. The molecule has 5 rings (SSSR count). The molecule has 2 saturated heterocycles. The van der Waals surface area contributed by atoms with E-state index in [1.807, 2.05) is 24.3 Å². The summed E-state index contributed by atoms with van der Waals surface area (Å²) in [7, 11) is 0. The van der Waals surface area contributed by atoms with E-state index >= 15 is 0 Å². The Bertz CT molecular complexity index is 741. The van der Waals surface area contributed by atoms with E-state index in [9.17, 15) is 14.3 Å². The maximum atomic E-state index is 13.2. The Morgan fingerprint density at radius 2 is 1.75 bits per heavy atom. The third-order valence-electron chi connectivity index (χ3n) is 5.38. The van der Waals surface area contributed by atoms with Gasteiger partial charge in [-0.2, -0.15) is 0 Å². The molecule has 2 aliphatic heterocycles. The van der Waals surface area contributed by atoms with Crippen molar-refractivity contribution in [3.8, 4) is 5.75 Å². The molecule has 3 unspecified atom stereocenters. The van der Waals surface area contributed by atoms with E-state index < -0.39 is 0 Å².